The highest BCUT2D eigenvalue weighted by Crippen LogP contribution is 2.31. The van der Waals surface area contributed by atoms with Gasteiger partial charge in [-0.3, -0.25) is 10.1 Å². The summed E-state index contributed by atoms with van der Waals surface area (Å²) in [6.45, 7) is 2.78. The second-order valence-electron chi connectivity index (χ2n) is 6.33. The maximum Gasteiger partial charge on any atom is 0.269 e. The van der Waals surface area contributed by atoms with E-state index >= 15 is 0 Å². The molecule has 0 fully saturated rings. The predicted octanol–water partition coefficient (Wildman–Crippen LogP) is 2.15. The Hall–Kier alpha value is -2.84. The minimum Gasteiger partial charge on any atom is -0.491 e. The molecule has 0 radical (unpaired) electrons. The summed E-state index contributed by atoms with van der Waals surface area (Å²) in [4.78, 5) is 10.2. The van der Waals surface area contributed by atoms with Gasteiger partial charge in [-0.15, -0.1) is 0 Å². The molecule has 1 aliphatic heterocycles. The number of nitrogens with one attached hydrogen (secondary N) is 1. The maximum atomic E-state index is 10.6. The third kappa shape index (κ3) is 5.08. The fourth-order valence-corrected chi connectivity index (χ4v) is 2.65. The third-order valence-corrected chi connectivity index (χ3v) is 4.25. The lowest BCUT2D eigenvalue weighted by Gasteiger charge is -2.31. The first kappa shape index (κ1) is 18.9. The van der Waals surface area contributed by atoms with E-state index in [-0.39, 0.29) is 24.4 Å². The van der Waals surface area contributed by atoms with Crippen LogP contribution < -0.4 is 19.5 Å². The molecule has 8 heteroatoms. The summed E-state index contributed by atoms with van der Waals surface area (Å²) < 4.78 is 17.1. The zero-order valence-corrected chi connectivity index (χ0v) is 14.9. The number of nitro benzene ring substituents is 1. The molecule has 1 aliphatic rings. The number of fused-ring (bicyclic) bond motifs is 1. The van der Waals surface area contributed by atoms with Crippen LogP contribution in [0.1, 0.15) is 6.92 Å². The number of hydrogen-bond donors (Lipinski definition) is 2. The van der Waals surface area contributed by atoms with Crippen molar-refractivity contribution in [2.45, 2.75) is 25.2 Å². The Bertz CT molecular complexity index is 767. The highest BCUT2D eigenvalue weighted by Gasteiger charge is 2.26. The molecule has 8 nitrogen and oxygen atoms in total. The zero-order chi connectivity index (χ0) is 19.2. The van der Waals surface area contributed by atoms with Crippen LogP contribution in [0.4, 0.5) is 5.69 Å². The van der Waals surface area contributed by atoms with E-state index in [4.69, 9.17) is 14.2 Å². The van der Waals surface area contributed by atoms with Gasteiger partial charge in [0, 0.05) is 24.7 Å². The normalized spacial score (nSPS) is 17.8. The molecule has 0 bridgehead atoms. The molecule has 1 heterocycles. The minimum absolute atomic E-state index is 0.00494. The number of nitro groups is 1. The number of aliphatic hydroxyl groups is 1. The van der Waals surface area contributed by atoms with Crippen molar-refractivity contribution in [3.63, 3.8) is 0 Å². The van der Waals surface area contributed by atoms with Crippen molar-refractivity contribution in [3.05, 3.63) is 58.6 Å². The molecular weight excluding hydrogens is 352 g/mol. The van der Waals surface area contributed by atoms with Crippen LogP contribution in [0.3, 0.4) is 0 Å². The molecule has 3 rings (SSSR count). The highest BCUT2D eigenvalue weighted by molar-refractivity contribution is 5.40. The summed E-state index contributed by atoms with van der Waals surface area (Å²) in [5.41, 5.74) is -0.00494. The minimum atomic E-state index is -0.737. The Kier molecular flexibility index (Phi) is 6.10. The second kappa shape index (κ2) is 8.70. The molecule has 0 aromatic heterocycles. The first-order valence-corrected chi connectivity index (χ1v) is 8.70. The van der Waals surface area contributed by atoms with Gasteiger partial charge >= 0.3 is 0 Å². The zero-order valence-electron chi connectivity index (χ0n) is 14.9. The Morgan fingerprint density at radius 1 is 1.26 bits per heavy atom. The number of benzene rings is 2. The first-order valence-electron chi connectivity index (χ1n) is 8.70. The summed E-state index contributed by atoms with van der Waals surface area (Å²) in [5, 5.41) is 23.9. The van der Waals surface area contributed by atoms with E-state index in [1.54, 1.807) is 0 Å². The van der Waals surface area contributed by atoms with Gasteiger partial charge < -0.3 is 24.6 Å². The molecule has 2 aromatic carbocycles. The lowest BCUT2D eigenvalue weighted by atomic mass is 10.1. The largest absolute Gasteiger partial charge is 0.491 e. The Morgan fingerprint density at radius 2 is 1.96 bits per heavy atom. The number of ether oxygens (including phenoxy) is 3. The molecule has 0 spiro atoms. The average molecular weight is 374 g/mol. The van der Waals surface area contributed by atoms with Crippen molar-refractivity contribution in [1.82, 2.24) is 5.32 Å². The second-order valence-corrected chi connectivity index (χ2v) is 6.33. The van der Waals surface area contributed by atoms with E-state index in [1.165, 1.54) is 24.3 Å². The van der Waals surface area contributed by atoms with Crippen molar-refractivity contribution in [3.8, 4) is 17.2 Å². The van der Waals surface area contributed by atoms with E-state index < -0.39 is 11.0 Å². The summed E-state index contributed by atoms with van der Waals surface area (Å²) in [6, 6.07) is 13.2. The molecule has 2 N–H and O–H groups in total. The average Bonchev–Trinajstić information content (AvgIpc) is 2.70. The van der Waals surface area contributed by atoms with Gasteiger partial charge in [0.25, 0.3) is 5.69 Å². The van der Waals surface area contributed by atoms with Gasteiger partial charge in [0.05, 0.1) is 4.92 Å². The van der Waals surface area contributed by atoms with Gasteiger partial charge in [0.15, 0.2) is 11.5 Å². The fraction of sp³-hybridized carbons (Fsp3) is 0.368. The predicted molar refractivity (Wildman–Crippen MR) is 98.4 cm³/mol. The lowest BCUT2D eigenvalue weighted by molar-refractivity contribution is -0.384. The smallest absolute Gasteiger partial charge is 0.269 e. The monoisotopic (exact) mass is 374 g/mol. The van der Waals surface area contributed by atoms with Crippen LogP contribution in [-0.2, 0) is 0 Å². The summed E-state index contributed by atoms with van der Waals surface area (Å²) in [5.74, 6) is 1.91. The van der Waals surface area contributed by atoms with Gasteiger partial charge in [-0.2, -0.15) is 0 Å². The molecule has 0 amide bonds. The Balaban J connectivity index is 1.41. The van der Waals surface area contributed by atoms with Gasteiger partial charge in [0.1, 0.15) is 31.2 Å². The molecule has 0 saturated carbocycles. The van der Waals surface area contributed by atoms with Gasteiger partial charge in [-0.05, 0) is 31.2 Å². The standard InChI is InChI=1S/C19H22N2O6/c1-13(19-12-26-17-4-2-3-5-18(17)27-19)20-10-15(22)11-25-16-8-6-14(7-9-16)21(23)24/h2-9,13,15,19-20,22H,10-12H2,1H3/t13-,15-,19+/m1/s1. The van der Waals surface area contributed by atoms with E-state index in [2.05, 4.69) is 5.32 Å². The molecule has 144 valence electrons. The van der Waals surface area contributed by atoms with E-state index in [1.807, 2.05) is 31.2 Å². The lowest BCUT2D eigenvalue weighted by Crippen LogP contribution is -2.48. The van der Waals surface area contributed by atoms with E-state index in [0.29, 0.717) is 24.7 Å². The van der Waals surface area contributed by atoms with Gasteiger partial charge in [0.2, 0.25) is 0 Å². The van der Waals surface area contributed by atoms with Crippen molar-refractivity contribution >= 4 is 5.69 Å². The van der Waals surface area contributed by atoms with Crippen LogP contribution in [0.15, 0.2) is 48.5 Å². The molecule has 27 heavy (non-hydrogen) atoms. The van der Waals surface area contributed by atoms with E-state index in [0.717, 1.165) is 5.75 Å². The number of hydrogen-bond acceptors (Lipinski definition) is 7. The molecule has 0 aliphatic carbocycles. The fourth-order valence-electron chi connectivity index (χ4n) is 2.65. The SMILES string of the molecule is C[C@@H](NC[C@@H](O)COc1ccc([N+](=O)[O-])cc1)[C@@H]1COc2ccccc2O1. The molecule has 2 aromatic rings. The molecule has 3 atom stereocenters. The maximum absolute atomic E-state index is 10.6. The summed E-state index contributed by atoms with van der Waals surface area (Å²) in [7, 11) is 0. The van der Waals surface area contributed by atoms with E-state index in [9.17, 15) is 15.2 Å². The third-order valence-electron chi connectivity index (χ3n) is 4.25. The molecule has 0 saturated heterocycles. The number of non-ortho nitro benzene ring substituents is 1. The van der Waals surface area contributed by atoms with Crippen LogP contribution in [0, 0.1) is 10.1 Å². The van der Waals surface area contributed by atoms with Crippen molar-refractivity contribution in [2.75, 3.05) is 19.8 Å². The van der Waals surface area contributed by atoms with Gasteiger partial charge in [-0.1, -0.05) is 12.1 Å². The topological polar surface area (TPSA) is 103 Å². The molecular formula is C19H22N2O6. The van der Waals surface area contributed by atoms with Crippen LogP contribution in [0.5, 0.6) is 17.2 Å². The number of nitrogens with zero attached hydrogens (tertiary/aromatic N) is 1. The summed E-state index contributed by atoms with van der Waals surface area (Å²) >= 11 is 0. The van der Waals surface area contributed by atoms with Crippen LogP contribution >= 0.6 is 0 Å². The highest BCUT2D eigenvalue weighted by atomic mass is 16.6. The van der Waals surface area contributed by atoms with Crippen LogP contribution in [-0.4, -0.2) is 48.0 Å². The van der Waals surface area contributed by atoms with Crippen LogP contribution in [0.25, 0.3) is 0 Å². The number of aliphatic hydroxyl groups excluding tert-OH is 1. The Morgan fingerprint density at radius 3 is 2.67 bits per heavy atom. The quantitative estimate of drug-likeness (QED) is 0.539. The van der Waals surface area contributed by atoms with Gasteiger partial charge in [-0.25, -0.2) is 0 Å². The first-order chi connectivity index (χ1) is 13.0. The number of para-hydroxylation sites is 2. The van der Waals surface area contributed by atoms with Crippen molar-refractivity contribution in [2.24, 2.45) is 0 Å². The summed E-state index contributed by atoms with van der Waals surface area (Å²) in [6.07, 6.45) is -0.901. The Labute approximate surface area is 156 Å². The van der Waals surface area contributed by atoms with Crippen molar-refractivity contribution in [1.29, 1.82) is 0 Å². The molecule has 0 unspecified atom stereocenters. The number of rotatable bonds is 8. The van der Waals surface area contributed by atoms with Crippen LogP contribution in [0.2, 0.25) is 0 Å². The van der Waals surface area contributed by atoms with Crippen molar-refractivity contribution < 1.29 is 24.2 Å².